The standard InChI is InChI=1S/C24H28O4/c1-14(2)11-12-24-13-15(3)23(4,5)18(22(24)28)20(26)17(21(24)27)19(25)16-9-7-6-8-10-16/h6-11,15,18,25H,12-13H2,1-5H3/t15-,18+,24-/m1/s1. The second-order valence-corrected chi connectivity index (χ2v) is 9.07. The van der Waals surface area contributed by atoms with E-state index in [1.165, 1.54) is 0 Å². The molecule has 1 N–H and O–H groups in total. The Labute approximate surface area is 166 Å². The lowest BCUT2D eigenvalue weighted by molar-refractivity contribution is -0.161. The molecule has 4 heteroatoms. The van der Waals surface area contributed by atoms with Gasteiger partial charge in [-0.3, -0.25) is 14.4 Å². The summed E-state index contributed by atoms with van der Waals surface area (Å²) in [5.41, 5.74) is -0.638. The van der Waals surface area contributed by atoms with E-state index in [0.29, 0.717) is 12.0 Å². The number of carbonyl (C=O) groups excluding carboxylic acids is 3. The molecule has 2 aliphatic carbocycles. The fourth-order valence-electron chi connectivity index (χ4n) is 4.56. The zero-order valence-corrected chi connectivity index (χ0v) is 17.2. The molecule has 0 saturated heterocycles. The summed E-state index contributed by atoms with van der Waals surface area (Å²) in [5.74, 6) is -2.57. The minimum atomic E-state index is -1.27. The van der Waals surface area contributed by atoms with Gasteiger partial charge in [-0.25, -0.2) is 0 Å². The molecule has 0 amide bonds. The van der Waals surface area contributed by atoms with Crippen molar-refractivity contribution in [2.24, 2.45) is 22.7 Å². The zero-order valence-electron chi connectivity index (χ0n) is 17.2. The van der Waals surface area contributed by atoms with Crippen LogP contribution in [0.5, 0.6) is 0 Å². The van der Waals surface area contributed by atoms with E-state index in [-0.39, 0.29) is 29.5 Å². The number of fused-ring (bicyclic) bond motifs is 2. The van der Waals surface area contributed by atoms with Crippen LogP contribution in [0, 0.1) is 22.7 Å². The van der Waals surface area contributed by atoms with Crippen molar-refractivity contribution in [3.8, 4) is 0 Å². The molecule has 0 aromatic heterocycles. The topological polar surface area (TPSA) is 71.4 Å². The summed E-state index contributed by atoms with van der Waals surface area (Å²) in [5, 5.41) is 10.9. The number of carbonyl (C=O) groups is 3. The molecular weight excluding hydrogens is 352 g/mol. The molecule has 3 atom stereocenters. The lowest BCUT2D eigenvalue weighted by atomic mass is 9.47. The van der Waals surface area contributed by atoms with Gasteiger partial charge in [0.05, 0.1) is 11.3 Å². The summed E-state index contributed by atoms with van der Waals surface area (Å²) in [6.45, 7) is 9.67. The van der Waals surface area contributed by atoms with Gasteiger partial charge in [-0.15, -0.1) is 0 Å². The number of ketones is 3. The van der Waals surface area contributed by atoms with Crippen LogP contribution in [0.25, 0.3) is 5.76 Å². The highest BCUT2D eigenvalue weighted by Crippen LogP contribution is 2.57. The van der Waals surface area contributed by atoms with Crippen LogP contribution in [0.2, 0.25) is 0 Å². The van der Waals surface area contributed by atoms with Crippen molar-refractivity contribution in [2.45, 2.75) is 47.5 Å². The monoisotopic (exact) mass is 380 g/mol. The maximum Gasteiger partial charge on any atom is 0.184 e. The van der Waals surface area contributed by atoms with Gasteiger partial charge in [0.2, 0.25) is 0 Å². The Bertz CT molecular complexity index is 900. The van der Waals surface area contributed by atoms with Crippen LogP contribution in [0.3, 0.4) is 0 Å². The van der Waals surface area contributed by atoms with Crippen molar-refractivity contribution in [2.75, 3.05) is 0 Å². The quantitative estimate of drug-likeness (QED) is 0.271. The van der Waals surface area contributed by atoms with E-state index in [4.69, 9.17) is 0 Å². The second kappa shape index (κ2) is 6.84. The first-order valence-corrected chi connectivity index (χ1v) is 9.79. The molecule has 28 heavy (non-hydrogen) atoms. The van der Waals surface area contributed by atoms with Crippen LogP contribution in [0.4, 0.5) is 0 Å². The lowest BCUT2D eigenvalue weighted by Crippen LogP contribution is -2.62. The molecule has 3 rings (SSSR count). The number of allylic oxidation sites excluding steroid dienone is 3. The average molecular weight is 380 g/mol. The van der Waals surface area contributed by atoms with Crippen molar-refractivity contribution >= 4 is 23.1 Å². The van der Waals surface area contributed by atoms with E-state index in [9.17, 15) is 19.5 Å². The van der Waals surface area contributed by atoms with Crippen LogP contribution < -0.4 is 0 Å². The van der Waals surface area contributed by atoms with Gasteiger partial charge in [-0.05, 0) is 38.0 Å². The fraction of sp³-hybridized carbons (Fsp3) is 0.458. The van der Waals surface area contributed by atoms with Gasteiger partial charge in [0.15, 0.2) is 17.3 Å². The molecule has 1 aromatic carbocycles. The molecule has 0 unspecified atom stereocenters. The van der Waals surface area contributed by atoms with E-state index in [1.807, 2.05) is 40.7 Å². The summed E-state index contributed by atoms with van der Waals surface area (Å²) in [7, 11) is 0. The van der Waals surface area contributed by atoms with Crippen LogP contribution in [0.15, 0.2) is 47.6 Å². The normalized spacial score (nSPS) is 30.8. The van der Waals surface area contributed by atoms with Gasteiger partial charge < -0.3 is 5.11 Å². The second-order valence-electron chi connectivity index (χ2n) is 9.07. The minimum absolute atomic E-state index is 0.0223. The molecule has 0 radical (unpaired) electrons. The minimum Gasteiger partial charge on any atom is -0.506 e. The number of Topliss-reactive ketones (excluding diaryl/α,β-unsaturated/α-hetero) is 3. The molecule has 2 fully saturated rings. The van der Waals surface area contributed by atoms with Gasteiger partial charge in [-0.2, -0.15) is 0 Å². The molecule has 2 saturated carbocycles. The maximum absolute atomic E-state index is 13.6. The molecule has 148 valence electrons. The smallest absolute Gasteiger partial charge is 0.184 e. The van der Waals surface area contributed by atoms with Gasteiger partial charge >= 0.3 is 0 Å². The molecular formula is C24H28O4. The number of aliphatic hydroxyl groups is 1. The van der Waals surface area contributed by atoms with Crippen LogP contribution in [-0.2, 0) is 14.4 Å². The Balaban J connectivity index is 2.26. The Morgan fingerprint density at radius 1 is 1.14 bits per heavy atom. The summed E-state index contributed by atoms with van der Waals surface area (Å²) in [4.78, 5) is 40.4. The number of hydrogen-bond donors (Lipinski definition) is 1. The first-order valence-electron chi connectivity index (χ1n) is 9.79. The summed E-state index contributed by atoms with van der Waals surface area (Å²) in [6.07, 6.45) is 2.55. The Morgan fingerprint density at radius 2 is 1.75 bits per heavy atom. The third-order valence-electron chi connectivity index (χ3n) is 6.72. The first kappa shape index (κ1) is 20.2. The summed E-state index contributed by atoms with van der Waals surface area (Å²) < 4.78 is 0. The highest BCUT2D eigenvalue weighted by atomic mass is 16.3. The van der Waals surface area contributed by atoms with Crippen molar-refractivity contribution in [1.29, 1.82) is 0 Å². The predicted octanol–water partition coefficient (Wildman–Crippen LogP) is 4.70. The molecule has 2 aliphatic rings. The Hall–Kier alpha value is -2.49. The molecule has 1 aromatic rings. The average Bonchev–Trinajstić information content (AvgIpc) is 2.63. The zero-order chi connectivity index (χ0) is 20.9. The summed E-state index contributed by atoms with van der Waals surface area (Å²) >= 11 is 0. The van der Waals surface area contributed by atoms with Crippen molar-refractivity contribution in [3.63, 3.8) is 0 Å². The van der Waals surface area contributed by atoms with Gasteiger partial charge in [0.1, 0.15) is 11.3 Å². The largest absolute Gasteiger partial charge is 0.506 e. The third-order valence-corrected chi connectivity index (χ3v) is 6.72. The van der Waals surface area contributed by atoms with E-state index < -0.39 is 28.3 Å². The fourth-order valence-corrected chi connectivity index (χ4v) is 4.56. The molecule has 2 bridgehead atoms. The van der Waals surface area contributed by atoms with Gasteiger partial charge in [-0.1, -0.05) is 62.8 Å². The van der Waals surface area contributed by atoms with Gasteiger partial charge in [0, 0.05) is 5.56 Å². The van der Waals surface area contributed by atoms with Gasteiger partial charge in [0.25, 0.3) is 0 Å². The Kier molecular flexibility index (Phi) is 4.95. The number of aliphatic hydroxyl groups excluding tert-OH is 1. The molecule has 4 nitrogen and oxygen atoms in total. The maximum atomic E-state index is 13.6. The number of rotatable bonds is 3. The molecule has 0 aliphatic heterocycles. The lowest BCUT2D eigenvalue weighted by Gasteiger charge is -2.52. The number of benzene rings is 1. The SMILES string of the molecule is CC(C)=CC[C@@]12C[C@@H](C)C(C)(C)[C@@H](C(=O)C(=C(O)c3ccccc3)C1=O)C2=O. The van der Waals surface area contributed by atoms with E-state index in [0.717, 1.165) is 5.57 Å². The van der Waals surface area contributed by atoms with E-state index in [2.05, 4.69) is 0 Å². The Morgan fingerprint density at radius 3 is 2.32 bits per heavy atom. The first-order chi connectivity index (χ1) is 13.0. The van der Waals surface area contributed by atoms with Crippen molar-refractivity contribution in [1.82, 2.24) is 0 Å². The van der Waals surface area contributed by atoms with E-state index >= 15 is 0 Å². The van der Waals surface area contributed by atoms with Crippen molar-refractivity contribution < 1.29 is 19.5 Å². The van der Waals surface area contributed by atoms with Crippen LogP contribution >= 0.6 is 0 Å². The molecule has 0 heterocycles. The predicted molar refractivity (Wildman–Crippen MR) is 109 cm³/mol. The van der Waals surface area contributed by atoms with Crippen LogP contribution in [0.1, 0.15) is 53.0 Å². The van der Waals surface area contributed by atoms with Crippen LogP contribution in [-0.4, -0.2) is 22.5 Å². The van der Waals surface area contributed by atoms with E-state index in [1.54, 1.807) is 30.3 Å². The highest BCUT2D eigenvalue weighted by molar-refractivity contribution is 6.39. The van der Waals surface area contributed by atoms with Crippen molar-refractivity contribution in [3.05, 3.63) is 53.1 Å². The number of hydrogen-bond acceptors (Lipinski definition) is 4. The molecule has 0 spiro atoms. The third kappa shape index (κ3) is 2.86. The summed E-state index contributed by atoms with van der Waals surface area (Å²) in [6, 6.07) is 8.59. The highest BCUT2D eigenvalue weighted by Gasteiger charge is 2.65.